The number of rotatable bonds is 16. The molecule has 0 fully saturated rings. The van der Waals surface area contributed by atoms with Crippen molar-refractivity contribution in [2.45, 2.75) is 35.8 Å². The van der Waals surface area contributed by atoms with Crippen LogP contribution in [0.4, 0.5) is 0 Å². The first-order valence-corrected chi connectivity index (χ1v) is 17.4. The van der Waals surface area contributed by atoms with Crippen LogP contribution in [0.15, 0.2) is 113 Å². The van der Waals surface area contributed by atoms with Crippen molar-refractivity contribution < 1.29 is 37.3 Å². The Labute approximate surface area is 281 Å². The van der Waals surface area contributed by atoms with Crippen LogP contribution in [0.5, 0.6) is 17.2 Å². The number of aliphatic imine (C=N–C) groups is 1. The second-order valence-corrected chi connectivity index (χ2v) is 13.4. The standard InChI is InChI=1S/C37H40N2O8S/c1-44-31-18-19-33(45-2)29(26-31)20-22-38-36(41)37(21-25-48(42,43)32-12-7-4-8-13-32)34(27-10-5-3-6-11-27)47-35(39-37)28-14-16-30(17-15-28)46-24-9-23-40/h3-8,10-19,26,34,40H,9,20-25H2,1-2H3,(H,38,41)/t34-,37-/m1/s1. The molecule has 1 heterocycles. The van der Waals surface area contributed by atoms with Crippen molar-refractivity contribution in [2.24, 2.45) is 4.99 Å². The summed E-state index contributed by atoms with van der Waals surface area (Å²) in [6.07, 6.45) is -0.115. The van der Waals surface area contributed by atoms with Crippen molar-refractivity contribution in [3.8, 4) is 17.2 Å². The Kier molecular flexibility index (Phi) is 11.4. The highest BCUT2D eigenvalue weighted by molar-refractivity contribution is 7.91. The summed E-state index contributed by atoms with van der Waals surface area (Å²) in [7, 11) is -0.613. The van der Waals surface area contributed by atoms with E-state index in [4.69, 9.17) is 29.0 Å². The monoisotopic (exact) mass is 672 g/mol. The number of benzene rings is 4. The van der Waals surface area contributed by atoms with E-state index < -0.39 is 27.4 Å². The van der Waals surface area contributed by atoms with E-state index in [2.05, 4.69) is 5.32 Å². The summed E-state index contributed by atoms with van der Waals surface area (Å²) < 4.78 is 50.2. The first kappa shape index (κ1) is 34.5. The lowest BCUT2D eigenvalue weighted by Crippen LogP contribution is -2.49. The molecule has 5 rings (SSSR count). The second kappa shape index (κ2) is 15.8. The Balaban J connectivity index is 1.50. The molecule has 0 aliphatic carbocycles. The molecule has 0 radical (unpaired) electrons. The van der Waals surface area contributed by atoms with Crippen molar-refractivity contribution in [3.63, 3.8) is 0 Å². The lowest BCUT2D eigenvalue weighted by molar-refractivity contribution is -0.129. The van der Waals surface area contributed by atoms with Gasteiger partial charge in [0.2, 0.25) is 5.90 Å². The third kappa shape index (κ3) is 7.98. The summed E-state index contributed by atoms with van der Waals surface area (Å²) in [4.78, 5) is 19.6. The highest BCUT2D eigenvalue weighted by atomic mass is 32.2. The summed E-state index contributed by atoms with van der Waals surface area (Å²) in [5.74, 6) is 1.34. The lowest BCUT2D eigenvalue weighted by Gasteiger charge is -2.30. The normalized spacial score (nSPS) is 17.2. The maximum atomic E-state index is 14.5. The average molecular weight is 673 g/mol. The van der Waals surface area contributed by atoms with E-state index in [-0.39, 0.29) is 36.1 Å². The molecule has 4 aromatic rings. The first-order chi connectivity index (χ1) is 23.3. The van der Waals surface area contributed by atoms with Gasteiger partial charge in [0, 0.05) is 31.6 Å². The minimum Gasteiger partial charge on any atom is -0.497 e. The van der Waals surface area contributed by atoms with Gasteiger partial charge in [-0.1, -0.05) is 48.5 Å². The molecule has 0 spiro atoms. The Morgan fingerprint density at radius 2 is 1.60 bits per heavy atom. The molecule has 0 aromatic heterocycles. The predicted octanol–water partition coefficient (Wildman–Crippen LogP) is 4.94. The SMILES string of the molecule is COc1ccc(OC)c(CCNC(=O)[C@]2(CCS(=O)(=O)c3ccccc3)N=C(c3ccc(OCCCO)cc3)O[C@@H]2c2ccccc2)c1. The molecule has 48 heavy (non-hydrogen) atoms. The highest BCUT2D eigenvalue weighted by Gasteiger charge is 2.53. The fourth-order valence-electron chi connectivity index (χ4n) is 5.57. The summed E-state index contributed by atoms with van der Waals surface area (Å²) in [5, 5.41) is 12.1. The van der Waals surface area contributed by atoms with Crippen LogP contribution >= 0.6 is 0 Å². The number of aliphatic hydroxyl groups excluding tert-OH is 1. The van der Waals surface area contributed by atoms with E-state index in [0.717, 1.165) is 5.56 Å². The topological polar surface area (TPSA) is 133 Å². The number of methoxy groups -OCH3 is 2. The van der Waals surface area contributed by atoms with Gasteiger partial charge in [0.25, 0.3) is 5.91 Å². The van der Waals surface area contributed by atoms with E-state index >= 15 is 0 Å². The van der Waals surface area contributed by atoms with Crippen molar-refractivity contribution >= 4 is 21.6 Å². The van der Waals surface area contributed by atoms with Gasteiger partial charge in [-0.3, -0.25) is 4.79 Å². The fraction of sp³-hybridized carbons (Fsp3) is 0.297. The molecule has 4 aromatic carbocycles. The fourth-order valence-corrected chi connectivity index (χ4v) is 6.96. The van der Waals surface area contributed by atoms with Gasteiger partial charge in [-0.15, -0.1) is 0 Å². The van der Waals surface area contributed by atoms with Gasteiger partial charge in [-0.25, -0.2) is 13.4 Å². The minimum absolute atomic E-state index is 0.0286. The van der Waals surface area contributed by atoms with E-state index in [1.807, 2.05) is 42.5 Å². The Hall–Kier alpha value is -4.87. The quantitative estimate of drug-likeness (QED) is 0.160. The average Bonchev–Trinajstić information content (AvgIpc) is 3.53. The van der Waals surface area contributed by atoms with Crippen molar-refractivity contribution in [1.29, 1.82) is 0 Å². The van der Waals surface area contributed by atoms with Crippen molar-refractivity contribution in [2.75, 3.05) is 39.7 Å². The predicted molar refractivity (Wildman–Crippen MR) is 183 cm³/mol. The van der Waals surface area contributed by atoms with Crippen LogP contribution in [0, 0.1) is 0 Å². The largest absolute Gasteiger partial charge is 0.497 e. The minimum atomic E-state index is -3.77. The number of carbonyl (C=O) groups excluding carboxylic acids is 1. The first-order valence-electron chi connectivity index (χ1n) is 15.7. The summed E-state index contributed by atoms with van der Waals surface area (Å²) >= 11 is 0. The maximum absolute atomic E-state index is 14.5. The number of aliphatic hydroxyl groups is 1. The number of carbonyl (C=O) groups is 1. The van der Waals surface area contributed by atoms with Crippen molar-refractivity contribution in [1.82, 2.24) is 5.32 Å². The zero-order valence-electron chi connectivity index (χ0n) is 27.0. The zero-order chi connectivity index (χ0) is 34.0. The Morgan fingerprint density at radius 1 is 0.917 bits per heavy atom. The summed E-state index contributed by atoms with van der Waals surface area (Å²) in [6.45, 7) is 0.618. The van der Waals surface area contributed by atoms with Gasteiger partial charge < -0.3 is 29.4 Å². The lowest BCUT2D eigenvalue weighted by atomic mass is 9.85. The van der Waals surface area contributed by atoms with Gasteiger partial charge in [0.05, 0.1) is 31.5 Å². The number of nitrogens with zero attached hydrogens (tertiary/aromatic N) is 1. The molecule has 0 saturated carbocycles. The molecule has 1 amide bonds. The van der Waals surface area contributed by atoms with E-state index in [0.29, 0.717) is 47.8 Å². The molecule has 252 valence electrons. The molecule has 2 atom stereocenters. The van der Waals surface area contributed by atoms with Gasteiger partial charge in [-0.2, -0.15) is 0 Å². The third-order valence-corrected chi connectivity index (χ3v) is 9.89. The molecule has 1 aliphatic rings. The maximum Gasteiger partial charge on any atom is 0.252 e. The molecule has 0 unspecified atom stereocenters. The number of sulfone groups is 1. The molecule has 1 aliphatic heterocycles. The smallest absolute Gasteiger partial charge is 0.252 e. The van der Waals surface area contributed by atoms with Gasteiger partial charge in [0.1, 0.15) is 17.2 Å². The molecular weight excluding hydrogens is 632 g/mol. The van der Waals surface area contributed by atoms with Gasteiger partial charge in [-0.05, 0) is 72.1 Å². The molecular formula is C37H40N2O8S. The van der Waals surface area contributed by atoms with E-state index in [9.17, 15) is 13.2 Å². The Morgan fingerprint density at radius 3 is 2.27 bits per heavy atom. The second-order valence-electron chi connectivity index (χ2n) is 11.3. The summed E-state index contributed by atoms with van der Waals surface area (Å²) in [6, 6.07) is 29.9. The van der Waals surface area contributed by atoms with Crippen LogP contribution < -0.4 is 19.5 Å². The van der Waals surface area contributed by atoms with Crippen LogP contribution in [-0.4, -0.2) is 70.6 Å². The molecule has 11 heteroatoms. The highest BCUT2D eigenvalue weighted by Crippen LogP contribution is 2.43. The zero-order valence-corrected chi connectivity index (χ0v) is 27.8. The number of hydrogen-bond donors (Lipinski definition) is 2. The van der Waals surface area contributed by atoms with Crippen LogP contribution in [0.3, 0.4) is 0 Å². The summed E-state index contributed by atoms with van der Waals surface area (Å²) in [5.41, 5.74) is 0.507. The van der Waals surface area contributed by atoms with Gasteiger partial charge >= 0.3 is 0 Å². The third-order valence-electron chi connectivity index (χ3n) is 8.15. The molecule has 2 N–H and O–H groups in total. The van der Waals surface area contributed by atoms with Crippen molar-refractivity contribution in [3.05, 3.63) is 120 Å². The Bertz CT molecular complexity index is 1800. The van der Waals surface area contributed by atoms with Crippen LogP contribution in [0.1, 0.15) is 35.6 Å². The molecule has 0 saturated heterocycles. The molecule has 0 bridgehead atoms. The van der Waals surface area contributed by atoms with Crippen LogP contribution in [0.2, 0.25) is 0 Å². The number of ether oxygens (including phenoxy) is 4. The van der Waals surface area contributed by atoms with Crippen LogP contribution in [-0.2, 0) is 25.8 Å². The van der Waals surface area contributed by atoms with E-state index in [1.54, 1.807) is 74.9 Å². The number of amides is 1. The molecule has 10 nitrogen and oxygen atoms in total. The van der Waals surface area contributed by atoms with E-state index in [1.165, 1.54) is 0 Å². The van der Waals surface area contributed by atoms with Crippen LogP contribution in [0.25, 0.3) is 0 Å². The number of hydrogen-bond acceptors (Lipinski definition) is 9. The number of nitrogens with one attached hydrogen (secondary N) is 1. The van der Waals surface area contributed by atoms with Gasteiger partial charge in [0.15, 0.2) is 21.5 Å².